The summed E-state index contributed by atoms with van der Waals surface area (Å²) in [6.07, 6.45) is 0. The summed E-state index contributed by atoms with van der Waals surface area (Å²) in [7, 11) is 3.34. The Morgan fingerprint density at radius 3 is 2.66 bits per heavy atom. The van der Waals surface area contributed by atoms with E-state index in [4.69, 9.17) is 4.74 Å². The second-order valence-corrected chi connectivity index (χ2v) is 8.11. The molecule has 2 heterocycles. The number of amides is 2. The van der Waals surface area contributed by atoms with Crippen molar-refractivity contribution in [3.05, 3.63) is 81.5 Å². The second-order valence-electron chi connectivity index (χ2n) is 7.13. The molecule has 0 spiro atoms. The molecule has 4 rings (SSSR count). The number of rotatable bonds is 4. The third kappa shape index (κ3) is 3.40. The van der Waals surface area contributed by atoms with Crippen LogP contribution in [0.5, 0.6) is 5.75 Å². The van der Waals surface area contributed by atoms with E-state index in [0.29, 0.717) is 17.0 Å². The molecule has 1 aliphatic rings. The van der Waals surface area contributed by atoms with Crippen molar-refractivity contribution < 1.29 is 14.3 Å². The highest BCUT2D eigenvalue weighted by Gasteiger charge is 2.43. The van der Waals surface area contributed by atoms with E-state index in [1.54, 1.807) is 36.5 Å². The molecule has 0 saturated heterocycles. The molecule has 2 atom stereocenters. The monoisotopic (exact) mass is 406 g/mol. The van der Waals surface area contributed by atoms with E-state index in [0.717, 1.165) is 16.0 Å². The first-order valence-electron chi connectivity index (χ1n) is 9.36. The lowest BCUT2D eigenvalue weighted by Crippen LogP contribution is -2.43. The van der Waals surface area contributed by atoms with Crippen LogP contribution in [0.3, 0.4) is 0 Å². The third-order valence-electron chi connectivity index (χ3n) is 5.31. The van der Waals surface area contributed by atoms with Crippen molar-refractivity contribution in [3.63, 3.8) is 0 Å². The molecule has 0 bridgehead atoms. The number of thiophene rings is 1. The van der Waals surface area contributed by atoms with Gasteiger partial charge in [0, 0.05) is 17.5 Å². The van der Waals surface area contributed by atoms with Gasteiger partial charge in [-0.25, -0.2) is 0 Å². The molecule has 148 valence electrons. The van der Waals surface area contributed by atoms with Crippen LogP contribution in [-0.2, 0) is 4.79 Å². The Kier molecular flexibility index (Phi) is 5.11. The average molecular weight is 407 g/mol. The molecular formula is C23H22N2O3S. The van der Waals surface area contributed by atoms with Crippen molar-refractivity contribution in [2.45, 2.75) is 18.9 Å². The molecule has 1 aliphatic heterocycles. The van der Waals surface area contributed by atoms with Crippen LogP contribution in [0.4, 0.5) is 5.69 Å². The normalized spacial score (nSPS) is 18.3. The number of nitrogens with zero attached hydrogens (tertiary/aromatic N) is 1. The molecule has 2 aromatic carbocycles. The maximum Gasteiger partial charge on any atom is 0.254 e. The van der Waals surface area contributed by atoms with Crippen LogP contribution in [0, 0.1) is 6.92 Å². The maximum absolute atomic E-state index is 13.6. The van der Waals surface area contributed by atoms with E-state index in [9.17, 15) is 9.59 Å². The molecule has 1 N–H and O–H groups in total. The molecule has 0 fully saturated rings. The van der Waals surface area contributed by atoms with Crippen LogP contribution >= 0.6 is 11.3 Å². The van der Waals surface area contributed by atoms with Crippen molar-refractivity contribution in [2.24, 2.45) is 0 Å². The van der Waals surface area contributed by atoms with Gasteiger partial charge < -0.3 is 15.0 Å². The summed E-state index contributed by atoms with van der Waals surface area (Å²) < 4.78 is 5.42. The lowest BCUT2D eigenvalue weighted by molar-refractivity contribution is -0.119. The fraction of sp³-hybridized carbons (Fsp3) is 0.217. The zero-order valence-corrected chi connectivity index (χ0v) is 17.3. The van der Waals surface area contributed by atoms with E-state index < -0.39 is 5.92 Å². The van der Waals surface area contributed by atoms with Crippen LogP contribution < -0.4 is 10.1 Å². The number of methoxy groups -OCH3 is 1. The standard InChI is InChI=1S/C23H22N2O3S/c1-14-10-11-18(28-3)17(13-14)24-22(26)20-15-7-4-5-8-16(15)23(27)25(2)21(20)19-9-6-12-29-19/h4-13,20-21H,1-3H3,(H,24,26)/t20-,21+/m0/s1. The predicted molar refractivity (Wildman–Crippen MR) is 115 cm³/mol. The minimum Gasteiger partial charge on any atom is -0.495 e. The number of aryl methyl sites for hydroxylation is 1. The smallest absolute Gasteiger partial charge is 0.254 e. The summed E-state index contributed by atoms with van der Waals surface area (Å²) in [6.45, 7) is 1.96. The maximum atomic E-state index is 13.6. The van der Waals surface area contributed by atoms with E-state index >= 15 is 0 Å². The first kappa shape index (κ1) is 19.2. The summed E-state index contributed by atoms with van der Waals surface area (Å²) in [5.41, 5.74) is 2.96. The number of hydrogen-bond donors (Lipinski definition) is 1. The molecule has 0 radical (unpaired) electrons. The number of anilines is 1. The number of benzene rings is 2. The lowest BCUT2D eigenvalue weighted by Gasteiger charge is -2.39. The van der Waals surface area contributed by atoms with E-state index in [-0.39, 0.29) is 17.9 Å². The number of carbonyl (C=O) groups excluding carboxylic acids is 2. The van der Waals surface area contributed by atoms with Crippen molar-refractivity contribution in [1.29, 1.82) is 0 Å². The molecule has 1 aromatic heterocycles. The molecule has 5 nitrogen and oxygen atoms in total. The van der Waals surface area contributed by atoms with Crippen LogP contribution in [0.2, 0.25) is 0 Å². The molecule has 2 amide bonds. The molecule has 0 aliphatic carbocycles. The molecular weight excluding hydrogens is 384 g/mol. The fourth-order valence-corrected chi connectivity index (χ4v) is 4.81. The summed E-state index contributed by atoms with van der Waals surface area (Å²) in [6, 6.07) is 16.6. The van der Waals surface area contributed by atoms with Gasteiger partial charge in [-0.15, -0.1) is 11.3 Å². The van der Waals surface area contributed by atoms with Crippen LogP contribution in [0.1, 0.15) is 38.3 Å². The Labute approximate surface area is 173 Å². The Morgan fingerprint density at radius 2 is 1.93 bits per heavy atom. The number of ether oxygens (including phenoxy) is 1. The van der Waals surface area contributed by atoms with E-state index in [2.05, 4.69) is 5.32 Å². The average Bonchev–Trinajstić information content (AvgIpc) is 3.25. The summed E-state index contributed by atoms with van der Waals surface area (Å²) in [5.74, 6) is -0.168. The van der Waals surface area contributed by atoms with Crippen molar-refractivity contribution in [2.75, 3.05) is 19.5 Å². The van der Waals surface area contributed by atoms with Crippen molar-refractivity contribution in [1.82, 2.24) is 4.90 Å². The van der Waals surface area contributed by atoms with Gasteiger partial charge in [0.1, 0.15) is 5.75 Å². The Balaban J connectivity index is 1.80. The van der Waals surface area contributed by atoms with Gasteiger partial charge in [0.15, 0.2) is 0 Å². The van der Waals surface area contributed by atoms with Crippen molar-refractivity contribution >= 4 is 28.8 Å². The highest BCUT2D eigenvalue weighted by molar-refractivity contribution is 7.10. The molecule has 6 heteroatoms. The largest absolute Gasteiger partial charge is 0.495 e. The predicted octanol–water partition coefficient (Wildman–Crippen LogP) is 4.61. The highest BCUT2D eigenvalue weighted by Crippen LogP contribution is 2.44. The summed E-state index contributed by atoms with van der Waals surface area (Å²) in [5, 5.41) is 5.01. The van der Waals surface area contributed by atoms with Gasteiger partial charge in [0.05, 0.1) is 24.8 Å². The number of likely N-dealkylation sites (N-methyl/N-ethyl adjacent to an activating group) is 1. The summed E-state index contributed by atoms with van der Waals surface area (Å²) in [4.78, 5) is 29.2. The van der Waals surface area contributed by atoms with Gasteiger partial charge in [-0.1, -0.05) is 30.3 Å². The first-order valence-corrected chi connectivity index (χ1v) is 10.2. The lowest BCUT2D eigenvalue weighted by atomic mass is 9.81. The quantitative estimate of drug-likeness (QED) is 0.688. The van der Waals surface area contributed by atoms with Gasteiger partial charge in [-0.2, -0.15) is 0 Å². The first-order chi connectivity index (χ1) is 14.0. The SMILES string of the molecule is COc1ccc(C)cc1NC(=O)[C@H]1c2ccccc2C(=O)N(C)[C@@H]1c1cccs1. The number of hydrogen-bond acceptors (Lipinski definition) is 4. The number of nitrogens with one attached hydrogen (secondary N) is 1. The van der Waals surface area contributed by atoms with Gasteiger partial charge >= 0.3 is 0 Å². The van der Waals surface area contributed by atoms with Gasteiger partial charge in [0.25, 0.3) is 5.91 Å². The molecule has 0 saturated carbocycles. The molecule has 0 unspecified atom stereocenters. The number of fused-ring (bicyclic) bond motifs is 1. The van der Waals surface area contributed by atoms with Crippen molar-refractivity contribution in [3.8, 4) is 5.75 Å². The highest BCUT2D eigenvalue weighted by atomic mass is 32.1. The van der Waals surface area contributed by atoms with E-state index in [1.807, 2.05) is 60.8 Å². The number of carbonyl (C=O) groups is 2. The Morgan fingerprint density at radius 1 is 1.14 bits per heavy atom. The zero-order chi connectivity index (χ0) is 20.5. The zero-order valence-electron chi connectivity index (χ0n) is 16.5. The van der Waals surface area contributed by atoms with Crippen LogP contribution in [-0.4, -0.2) is 30.9 Å². The molecule has 3 aromatic rings. The van der Waals surface area contributed by atoms with Gasteiger partial charge in [-0.05, 0) is 47.7 Å². The topological polar surface area (TPSA) is 58.6 Å². The Bertz CT molecular complexity index is 1060. The van der Waals surface area contributed by atoms with Gasteiger partial charge in [0.2, 0.25) is 5.91 Å². The minimum atomic E-state index is -0.530. The van der Waals surface area contributed by atoms with E-state index in [1.165, 1.54) is 0 Å². The Hall–Kier alpha value is -3.12. The van der Waals surface area contributed by atoms with Gasteiger partial charge in [-0.3, -0.25) is 9.59 Å². The second kappa shape index (κ2) is 7.72. The minimum absolute atomic E-state index is 0.0730. The fourth-order valence-electron chi connectivity index (χ4n) is 3.90. The third-order valence-corrected chi connectivity index (χ3v) is 6.25. The summed E-state index contributed by atoms with van der Waals surface area (Å²) >= 11 is 1.55. The van der Waals surface area contributed by atoms with Crippen LogP contribution in [0.25, 0.3) is 0 Å². The van der Waals surface area contributed by atoms with Crippen LogP contribution in [0.15, 0.2) is 60.0 Å². The molecule has 29 heavy (non-hydrogen) atoms.